The highest BCUT2D eigenvalue weighted by Crippen LogP contribution is 2.40. The normalized spacial score (nSPS) is 18.3. The van der Waals surface area contributed by atoms with Crippen molar-refractivity contribution in [3.05, 3.63) is 77.1 Å². The van der Waals surface area contributed by atoms with Crippen molar-refractivity contribution in [1.82, 2.24) is 14.7 Å². The Hall–Kier alpha value is -2.43. The van der Waals surface area contributed by atoms with Crippen molar-refractivity contribution in [2.45, 2.75) is 51.9 Å². The quantitative estimate of drug-likeness (QED) is 0.689. The fourth-order valence-corrected chi connectivity index (χ4v) is 4.37. The lowest BCUT2D eigenvalue weighted by molar-refractivity contribution is 0.148. The molecule has 1 aromatic heterocycles. The number of nitrogens with zero attached hydrogens (tertiary/aromatic N) is 3. The topological polar surface area (TPSA) is 41.3 Å². The molecule has 0 unspecified atom stereocenters. The zero-order valence-corrected chi connectivity index (χ0v) is 17.1. The van der Waals surface area contributed by atoms with E-state index in [1.807, 2.05) is 0 Å². The molecule has 1 fully saturated rings. The van der Waals surface area contributed by atoms with Crippen molar-refractivity contribution in [2.24, 2.45) is 5.92 Å². The van der Waals surface area contributed by atoms with Gasteiger partial charge < -0.3 is 5.11 Å². The Morgan fingerprint density at radius 2 is 1.86 bits per heavy atom. The van der Waals surface area contributed by atoms with Crippen LogP contribution in [0.2, 0.25) is 0 Å². The first-order valence-corrected chi connectivity index (χ1v) is 10.8. The first-order chi connectivity index (χ1) is 14.2. The summed E-state index contributed by atoms with van der Waals surface area (Å²) in [5.41, 5.74) is 7.27. The number of hydrogen-bond acceptors (Lipinski definition) is 3. The molecule has 2 heterocycles. The average molecular weight is 388 g/mol. The van der Waals surface area contributed by atoms with E-state index in [1.54, 1.807) is 0 Å². The van der Waals surface area contributed by atoms with Gasteiger partial charge in [-0.25, -0.2) is 0 Å². The van der Waals surface area contributed by atoms with E-state index in [-0.39, 0.29) is 6.10 Å². The molecule has 0 amide bonds. The van der Waals surface area contributed by atoms with E-state index < -0.39 is 0 Å². The van der Waals surface area contributed by atoms with Crippen LogP contribution in [0.5, 0.6) is 0 Å². The van der Waals surface area contributed by atoms with Crippen LogP contribution in [0.4, 0.5) is 0 Å². The molecule has 4 heteroatoms. The molecule has 3 aromatic rings. The highest BCUT2D eigenvalue weighted by Gasteiger charge is 2.33. The van der Waals surface area contributed by atoms with Crippen LogP contribution in [0.1, 0.15) is 47.9 Å². The summed E-state index contributed by atoms with van der Waals surface area (Å²) in [6, 6.07) is 19.8. The Bertz CT molecular complexity index is 988. The average Bonchev–Trinajstić information content (AvgIpc) is 3.53. The number of hydrogen-bond donors (Lipinski definition) is 1. The zero-order chi connectivity index (χ0) is 19.8. The van der Waals surface area contributed by atoms with E-state index in [0.717, 1.165) is 51.1 Å². The lowest BCUT2D eigenvalue weighted by Crippen LogP contribution is -2.22. The molecule has 5 rings (SSSR count). The van der Waals surface area contributed by atoms with Crippen molar-refractivity contribution in [1.29, 1.82) is 0 Å². The van der Waals surface area contributed by atoms with Gasteiger partial charge in [0.15, 0.2) is 0 Å². The fourth-order valence-electron chi connectivity index (χ4n) is 4.37. The lowest BCUT2D eigenvalue weighted by Gasteiger charge is -2.19. The zero-order valence-electron chi connectivity index (χ0n) is 17.1. The molecule has 0 radical (unpaired) electrons. The van der Waals surface area contributed by atoms with E-state index >= 15 is 0 Å². The molecule has 4 nitrogen and oxygen atoms in total. The molecule has 1 aliphatic heterocycles. The van der Waals surface area contributed by atoms with Gasteiger partial charge in [0.25, 0.3) is 0 Å². The third kappa shape index (κ3) is 4.14. The Balaban J connectivity index is 1.28. The maximum Gasteiger partial charge on any atom is 0.101 e. The molecule has 150 valence electrons. The summed E-state index contributed by atoms with van der Waals surface area (Å²) in [5.74, 6) is 0.428. The fraction of sp³-hybridized carbons (Fsp3) is 0.400. The minimum atomic E-state index is -0.378. The minimum Gasteiger partial charge on any atom is -0.386 e. The van der Waals surface area contributed by atoms with Crippen molar-refractivity contribution in [3.8, 4) is 11.1 Å². The summed E-state index contributed by atoms with van der Waals surface area (Å²) in [4.78, 5) is 2.50. The van der Waals surface area contributed by atoms with Gasteiger partial charge in [0.2, 0.25) is 0 Å². The minimum absolute atomic E-state index is 0.378. The Kier molecular flexibility index (Phi) is 4.98. The van der Waals surface area contributed by atoms with Gasteiger partial charge in [0, 0.05) is 26.2 Å². The predicted octanol–water partition coefficient (Wildman–Crippen LogP) is 4.71. The molecule has 1 aliphatic carbocycles. The second kappa shape index (κ2) is 7.77. The van der Waals surface area contributed by atoms with Crippen LogP contribution in [0.15, 0.2) is 54.6 Å². The highest BCUT2D eigenvalue weighted by atomic mass is 16.3. The number of fused-ring (bicyclic) bond motifs is 1. The van der Waals surface area contributed by atoms with Crippen LogP contribution < -0.4 is 0 Å². The summed E-state index contributed by atoms with van der Waals surface area (Å²) in [5, 5.41) is 15.1. The molecule has 0 saturated heterocycles. The summed E-state index contributed by atoms with van der Waals surface area (Å²) >= 11 is 0. The van der Waals surface area contributed by atoms with Gasteiger partial charge in [-0.2, -0.15) is 5.10 Å². The van der Waals surface area contributed by atoms with Crippen molar-refractivity contribution < 1.29 is 5.11 Å². The molecule has 1 saturated carbocycles. The Morgan fingerprint density at radius 3 is 2.62 bits per heavy atom. The molecule has 0 bridgehead atoms. The SMILES string of the molecule is Cc1cccc(-c2ccc(CN3CCCn4nc([C@H](O)C5CC5)cc4C3)cc2)c1. The Labute approximate surface area is 172 Å². The molecule has 2 aliphatic rings. The van der Waals surface area contributed by atoms with Gasteiger partial charge in [0.05, 0.1) is 11.4 Å². The van der Waals surface area contributed by atoms with Crippen LogP contribution in [0.25, 0.3) is 11.1 Å². The molecule has 29 heavy (non-hydrogen) atoms. The first-order valence-electron chi connectivity index (χ1n) is 10.8. The summed E-state index contributed by atoms with van der Waals surface area (Å²) in [7, 11) is 0. The molecular weight excluding hydrogens is 358 g/mol. The highest BCUT2D eigenvalue weighted by molar-refractivity contribution is 5.64. The molecule has 0 spiro atoms. The van der Waals surface area contributed by atoms with Crippen molar-refractivity contribution in [2.75, 3.05) is 6.54 Å². The van der Waals surface area contributed by atoms with E-state index in [1.165, 1.54) is 27.9 Å². The van der Waals surface area contributed by atoms with Crippen LogP contribution in [0.3, 0.4) is 0 Å². The number of benzene rings is 2. The summed E-state index contributed by atoms with van der Waals surface area (Å²) in [6.45, 7) is 5.99. The third-order valence-corrected chi connectivity index (χ3v) is 6.20. The Morgan fingerprint density at radius 1 is 1.03 bits per heavy atom. The van der Waals surface area contributed by atoms with Crippen LogP contribution in [-0.4, -0.2) is 26.3 Å². The second-order valence-electron chi connectivity index (χ2n) is 8.70. The van der Waals surface area contributed by atoms with Gasteiger partial charge in [-0.15, -0.1) is 0 Å². The van der Waals surface area contributed by atoms with Gasteiger partial charge in [-0.3, -0.25) is 9.58 Å². The molecule has 1 atom stereocenters. The number of aryl methyl sites for hydroxylation is 2. The predicted molar refractivity (Wildman–Crippen MR) is 115 cm³/mol. The van der Waals surface area contributed by atoms with Gasteiger partial charge in [-0.1, -0.05) is 54.1 Å². The summed E-state index contributed by atoms with van der Waals surface area (Å²) in [6.07, 6.45) is 2.98. The van der Waals surface area contributed by atoms with Gasteiger partial charge in [0.1, 0.15) is 6.10 Å². The molecule has 2 aromatic carbocycles. The lowest BCUT2D eigenvalue weighted by atomic mass is 10.0. The monoisotopic (exact) mass is 387 g/mol. The van der Waals surface area contributed by atoms with E-state index in [4.69, 9.17) is 5.10 Å². The largest absolute Gasteiger partial charge is 0.386 e. The van der Waals surface area contributed by atoms with Crippen molar-refractivity contribution in [3.63, 3.8) is 0 Å². The van der Waals surface area contributed by atoms with Crippen LogP contribution in [0, 0.1) is 12.8 Å². The number of aromatic nitrogens is 2. The second-order valence-corrected chi connectivity index (χ2v) is 8.70. The van der Waals surface area contributed by atoms with Crippen LogP contribution in [-0.2, 0) is 19.6 Å². The molecular formula is C25H29N3O. The van der Waals surface area contributed by atoms with E-state index in [2.05, 4.69) is 71.1 Å². The smallest absolute Gasteiger partial charge is 0.101 e. The van der Waals surface area contributed by atoms with Gasteiger partial charge in [-0.05, 0) is 54.9 Å². The standard InChI is InChI=1S/C25H29N3O/c1-18-4-2-5-22(14-18)20-8-6-19(7-9-20)16-27-12-3-13-28-23(17-27)15-24(26-28)25(29)21-10-11-21/h2,4-9,14-15,21,25,29H,3,10-13,16-17H2,1H3/t25-/m1/s1. The van der Waals surface area contributed by atoms with Crippen LogP contribution >= 0.6 is 0 Å². The maximum atomic E-state index is 10.4. The number of aliphatic hydroxyl groups excluding tert-OH is 1. The summed E-state index contributed by atoms with van der Waals surface area (Å²) < 4.78 is 2.11. The first kappa shape index (κ1) is 18.6. The van der Waals surface area contributed by atoms with Gasteiger partial charge >= 0.3 is 0 Å². The van der Waals surface area contributed by atoms with E-state index in [9.17, 15) is 5.11 Å². The molecule has 1 N–H and O–H groups in total. The number of rotatable bonds is 5. The number of aliphatic hydroxyl groups is 1. The third-order valence-electron chi connectivity index (χ3n) is 6.20. The van der Waals surface area contributed by atoms with E-state index in [0.29, 0.717) is 5.92 Å². The van der Waals surface area contributed by atoms with Crippen molar-refractivity contribution >= 4 is 0 Å². The maximum absolute atomic E-state index is 10.4.